The van der Waals surface area contributed by atoms with Gasteiger partial charge in [0.1, 0.15) is 0 Å². The summed E-state index contributed by atoms with van der Waals surface area (Å²) in [5.74, 6) is -1.12. The molecule has 0 saturated carbocycles. The maximum atomic E-state index is 11.9. The average molecular weight is 610 g/mol. The van der Waals surface area contributed by atoms with Gasteiger partial charge in [-0.1, -0.05) is 0 Å². The average Bonchev–Trinajstić information content (AvgIpc) is 3.07. The first-order valence-corrected chi connectivity index (χ1v) is 14.5. The van der Waals surface area contributed by atoms with E-state index in [1.165, 1.54) is 54.7 Å². The van der Waals surface area contributed by atoms with Gasteiger partial charge in [-0.05, 0) is 127 Å². The molecule has 3 N–H and O–H groups in total. The van der Waals surface area contributed by atoms with Crippen molar-refractivity contribution in [2.24, 2.45) is 0 Å². The lowest BCUT2D eigenvalue weighted by Crippen LogP contribution is -2.15. The van der Waals surface area contributed by atoms with E-state index in [2.05, 4.69) is 36.7 Å². The van der Waals surface area contributed by atoms with Crippen molar-refractivity contribution in [3.05, 3.63) is 123 Å². The van der Waals surface area contributed by atoms with E-state index < -0.39 is 0 Å². The predicted octanol–water partition coefficient (Wildman–Crippen LogP) is 6.81. The minimum absolute atomic E-state index is 0.374. The molecule has 9 nitrogen and oxygen atoms in total. The molecule has 4 aromatic rings. The highest BCUT2D eigenvalue weighted by Gasteiger charge is 2.18. The van der Waals surface area contributed by atoms with Crippen molar-refractivity contribution < 1.29 is 28.6 Å². The molecule has 45 heavy (non-hydrogen) atoms. The molecular formula is C36H39N3O6. The van der Waals surface area contributed by atoms with Gasteiger partial charge in [-0.25, -0.2) is 14.4 Å². The second-order valence-electron chi connectivity index (χ2n) is 10.6. The number of ether oxygens (including phenoxy) is 3. The molecule has 9 heteroatoms. The Labute approximate surface area is 263 Å². The topological polar surface area (TPSA) is 115 Å². The Bertz CT molecular complexity index is 1440. The molecule has 0 amide bonds. The summed E-state index contributed by atoms with van der Waals surface area (Å²) in [4.78, 5) is 35.6. The summed E-state index contributed by atoms with van der Waals surface area (Å²) >= 11 is 0. The maximum Gasteiger partial charge on any atom is 0.337 e. The predicted molar refractivity (Wildman–Crippen MR) is 176 cm³/mol. The van der Waals surface area contributed by atoms with Gasteiger partial charge in [0.15, 0.2) is 0 Å². The third-order valence-corrected chi connectivity index (χ3v) is 8.04. The molecule has 4 rings (SSSR count). The molecule has 0 atom stereocenters. The number of methoxy groups -OCH3 is 3. The van der Waals surface area contributed by atoms with Crippen molar-refractivity contribution in [1.29, 1.82) is 0 Å². The summed E-state index contributed by atoms with van der Waals surface area (Å²) in [5.41, 5.74) is 11.2. The summed E-state index contributed by atoms with van der Waals surface area (Å²) in [5, 5.41) is 10.5. The van der Waals surface area contributed by atoms with Gasteiger partial charge in [-0.3, -0.25) is 0 Å². The number of carbonyl (C=O) groups is 3. The lowest BCUT2D eigenvalue weighted by Gasteiger charge is -2.24. The van der Waals surface area contributed by atoms with Gasteiger partial charge in [-0.15, -0.1) is 0 Å². The van der Waals surface area contributed by atoms with E-state index in [0.717, 1.165) is 17.1 Å². The number of anilines is 3. The zero-order chi connectivity index (χ0) is 32.5. The number of benzene rings is 4. The van der Waals surface area contributed by atoms with Gasteiger partial charge in [0, 0.05) is 36.7 Å². The second kappa shape index (κ2) is 14.9. The van der Waals surface area contributed by atoms with E-state index in [0.29, 0.717) is 36.3 Å². The Hall–Kier alpha value is -5.31. The lowest BCUT2D eigenvalue weighted by molar-refractivity contribution is 0.0592. The standard InChI is InChI=1S/C36H39N3O6/c1-22-31(19-37-28-13-7-25(8-14-28)34(40)43-4)23(2)33(21-39-30-17-11-27(12-18-30)36(42)45-6)24(3)32(22)20-38-29-15-9-26(10-16-29)35(41)44-5/h7-18,37-39H,19-21H2,1-6H3. The molecule has 0 aliphatic rings. The van der Waals surface area contributed by atoms with Crippen LogP contribution in [0.1, 0.15) is 64.5 Å². The molecule has 0 aliphatic carbocycles. The molecule has 0 fully saturated rings. The van der Waals surface area contributed by atoms with Crippen LogP contribution in [0.15, 0.2) is 72.8 Å². The molecule has 0 spiro atoms. The maximum absolute atomic E-state index is 11.9. The highest BCUT2D eigenvalue weighted by molar-refractivity contribution is 5.90. The van der Waals surface area contributed by atoms with Crippen LogP contribution in [-0.4, -0.2) is 39.2 Å². The Morgan fingerprint density at radius 2 is 0.667 bits per heavy atom. The van der Waals surface area contributed by atoms with Crippen LogP contribution in [-0.2, 0) is 33.8 Å². The van der Waals surface area contributed by atoms with Crippen molar-refractivity contribution in [3.8, 4) is 0 Å². The summed E-state index contributed by atoms with van der Waals surface area (Å²) in [6.45, 7) is 8.15. The fourth-order valence-corrected chi connectivity index (χ4v) is 5.28. The van der Waals surface area contributed by atoms with Crippen molar-refractivity contribution in [3.63, 3.8) is 0 Å². The van der Waals surface area contributed by atoms with Crippen LogP contribution < -0.4 is 16.0 Å². The first-order valence-electron chi connectivity index (χ1n) is 14.5. The largest absolute Gasteiger partial charge is 0.465 e. The lowest BCUT2D eigenvalue weighted by atomic mass is 9.87. The number of rotatable bonds is 12. The van der Waals surface area contributed by atoms with Crippen LogP contribution in [0.3, 0.4) is 0 Å². The summed E-state index contributed by atoms with van der Waals surface area (Å²) in [6.07, 6.45) is 0. The van der Waals surface area contributed by atoms with Gasteiger partial charge < -0.3 is 30.2 Å². The Morgan fingerprint density at radius 1 is 0.444 bits per heavy atom. The quantitative estimate of drug-likeness (QED) is 0.118. The number of esters is 3. The zero-order valence-electron chi connectivity index (χ0n) is 26.5. The first-order chi connectivity index (χ1) is 21.7. The van der Waals surface area contributed by atoms with Gasteiger partial charge in [0.2, 0.25) is 0 Å². The molecule has 4 aromatic carbocycles. The van der Waals surface area contributed by atoms with E-state index in [1.807, 2.05) is 36.4 Å². The molecule has 0 radical (unpaired) electrons. The van der Waals surface area contributed by atoms with Gasteiger partial charge in [0.05, 0.1) is 38.0 Å². The number of carbonyl (C=O) groups excluding carboxylic acids is 3. The minimum Gasteiger partial charge on any atom is -0.465 e. The van der Waals surface area contributed by atoms with E-state index in [9.17, 15) is 14.4 Å². The van der Waals surface area contributed by atoms with Crippen molar-refractivity contribution >= 4 is 35.0 Å². The molecule has 0 saturated heterocycles. The number of hydrogen-bond acceptors (Lipinski definition) is 9. The van der Waals surface area contributed by atoms with Crippen LogP contribution >= 0.6 is 0 Å². The molecule has 234 valence electrons. The van der Waals surface area contributed by atoms with E-state index in [-0.39, 0.29) is 17.9 Å². The van der Waals surface area contributed by atoms with Gasteiger partial charge in [0.25, 0.3) is 0 Å². The minimum atomic E-state index is -0.374. The van der Waals surface area contributed by atoms with Crippen molar-refractivity contribution in [2.45, 2.75) is 40.4 Å². The smallest absolute Gasteiger partial charge is 0.337 e. The second-order valence-corrected chi connectivity index (χ2v) is 10.6. The van der Waals surface area contributed by atoms with Crippen molar-refractivity contribution in [2.75, 3.05) is 37.3 Å². The third kappa shape index (κ3) is 7.80. The van der Waals surface area contributed by atoms with Crippen LogP contribution in [0.2, 0.25) is 0 Å². The third-order valence-electron chi connectivity index (χ3n) is 8.04. The van der Waals surface area contributed by atoms with Crippen LogP contribution in [0.25, 0.3) is 0 Å². The fraction of sp³-hybridized carbons (Fsp3) is 0.250. The number of nitrogens with one attached hydrogen (secondary N) is 3. The van der Waals surface area contributed by atoms with E-state index >= 15 is 0 Å². The van der Waals surface area contributed by atoms with Gasteiger partial charge in [-0.2, -0.15) is 0 Å². The summed E-state index contributed by atoms with van der Waals surface area (Å²) in [6, 6.07) is 21.6. The molecular weight excluding hydrogens is 570 g/mol. The van der Waals surface area contributed by atoms with Crippen LogP contribution in [0.4, 0.5) is 17.1 Å². The Kier molecular flexibility index (Phi) is 10.8. The molecule has 0 bridgehead atoms. The Morgan fingerprint density at radius 3 is 0.867 bits per heavy atom. The van der Waals surface area contributed by atoms with Crippen molar-refractivity contribution in [1.82, 2.24) is 0 Å². The molecule has 0 aliphatic heterocycles. The van der Waals surface area contributed by atoms with Crippen LogP contribution in [0, 0.1) is 20.8 Å². The normalized spacial score (nSPS) is 10.5. The van der Waals surface area contributed by atoms with Gasteiger partial charge >= 0.3 is 17.9 Å². The highest BCUT2D eigenvalue weighted by Crippen LogP contribution is 2.30. The van der Waals surface area contributed by atoms with E-state index in [1.54, 1.807) is 36.4 Å². The molecule has 0 heterocycles. The Balaban J connectivity index is 1.61. The SMILES string of the molecule is COC(=O)c1ccc(NCc2c(C)c(CNc3ccc(C(=O)OC)cc3)c(C)c(CNc3ccc(C(=O)OC)cc3)c2C)cc1. The fourth-order valence-electron chi connectivity index (χ4n) is 5.28. The summed E-state index contributed by atoms with van der Waals surface area (Å²) in [7, 11) is 4.10. The molecule has 0 unspecified atom stereocenters. The zero-order valence-corrected chi connectivity index (χ0v) is 26.5. The number of hydrogen-bond donors (Lipinski definition) is 3. The monoisotopic (exact) mass is 609 g/mol. The summed E-state index contributed by atoms with van der Waals surface area (Å²) < 4.78 is 14.4. The highest BCUT2D eigenvalue weighted by atomic mass is 16.5. The molecule has 0 aromatic heterocycles. The van der Waals surface area contributed by atoms with Crippen LogP contribution in [0.5, 0.6) is 0 Å². The van der Waals surface area contributed by atoms with E-state index in [4.69, 9.17) is 14.2 Å². The first kappa shape index (κ1) is 32.6.